The average molecular weight is 349 g/mol. The van der Waals surface area contributed by atoms with Crippen LogP contribution in [0, 0.1) is 0 Å². The Morgan fingerprint density at radius 1 is 1.58 bits per heavy atom. The van der Waals surface area contributed by atoms with Crippen LogP contribution in [0.1, 0.15) is 25.6 Å². The predicted molar refractivity (Wildman–Crippen MR) is 95.4 cm³/mol. The zero-order chi connectivity index (χ0) is 17.1. The normalized spacial score (nSPS) is 18.2. The van der Waals surface area contributed by atoms with Crippen molar-refractivity contribution in [2.75, 3.05) is 26.7 Å². The molecule has 0 saturated carbocycles. The van der Waals surface area contributed by atoms with Crippen molar-refractivity contribution < 1.29 is 4.79 Å². The van der Waals surface area contributed by atoms with E-state index in [1.807, 2.05) is 11.4 Å². The van der Waals surface area contributed by atoms with Crippen LogP contribution in [0.15, 0.2) is 16.2 Å². The van der Waals surface area contributed by atoms with Crippen molar-refractivity contribution in [3.05, 3.63) is 27.6 Å². The first-order chi connectivity index (χ1) is 11.6. The monoisotopic (exact) mass is 349 g/mol. The zero-order valence-electron chi connectivity index (χ0n) is 14.0. The van der Waals surface area contributed by atoms with Crippen molar-refractivity contribution in [2.24, 2.45) is 0 Å². The number of hydrogen-bond acceptors (Lipinski definition) is 5. The Bertz CT molecular complexity index is 771. The lowest BCUT2D eigenvalue weighted by Crippen LogP contribution is -2.44. The van der Waals surface area contributed by atoms with Gasteiger partial charge in [0.15, 0.2) is 0 Å². The Kier molecular flexibility index (Phi) is 5.15. The third-order valence-corrected chi connectivity index (χ3v) is 5.14. The lowest BCUT2D eigenvalue weighted by molar-refractivity contribution is 0.201. The quantitative estimate of drug-likeness (QED) is 0.859. The summed E-state index contributed by atoms with van der Waals surface area (Å²) in [5.74, 6) is 0.502. The third-order valence-electron chi connectivity index (χ3n) is 4.24. The standard InChI is InChI=1S/C16H23N5O2S/c1-3-6-21-7-4-11(9-21)17-16(23)20(2)10-13-18-12-5-8-24-14(12)15(22)19-13/h5,8,11H,3-4,6-7,9-10H2,1-2H3,(H,17,23)(H,18,19,22)/t11-/m1/s1. The van der Waals surface area contributed by atoms with Crippen LogP contribution in [0.5, 0.6) is 0 Å². The minimum absolute atomic E-state index is 0.133. The van der Waals surface area contributed by atoms with Gasteiger partial charge in [0, 0.05) is 26.2 Å². The Balaban J connectivity index is 1.58. The summed E-state index contributed by atoms with van der Waals surface area (Å²) in [6.07, 6.45) is 2.11. The van der Waals surface area contributed by atoms with E-state index in [1.165, 1.54) is 11.3 Å². The SMILES string of the molecule is CCCN1CC[C@@H](NC(=O)N(C)Cc2nc3ccsc3c(=O)[nH]2)C1. The number of thiophene rings is 1. The highest BCUT2D eigenvalue weighted by Gasteiger charge is 2.24. The minimum Gasteiger partial charge on any atom is -0.334 e. The number of H-pyrrole nitrogens is 1. The number of urea groups is 1. The molecular formula is C16H23N5O2S. The van der Waals surface area contributed by atoms with Gasteiger partial charge in [-0.05, 0) is 30.8 Å². The molecule has 0 spiro atoms. The molecule has 130 valence electrons. The molecule has 1 fully saturated rings. The lowest BCUT2D eigenvalue weighted by atomic mass is 10.3. The van der Waals surface area contributed by atoms with Crippen LogP contribution in [-0.2, 0) is 6.54 Å². The van der Waals surface area contributed by atoms with E-state index in [2.05, 4.69) is 27.1 Å². The molecule has 1 aliphatic rings. The maximum atomic E-state index is 12.3. The van der Waals surface area contributed by atoms with Gasteiger partial charge in [-0.15, -0.1) is 11.3 Å². The molecular weight excluding hydrogens is 326 g/mol. The van der Waals surface area contributed by atoms with Crippen molar-refractivity contribution in [3.8, 4) is 0 Å². The second-order valence-corrected chi connectivity index (χ2v) is 7.16. The largest absolute Gasteiger partial charge is 0.334 e. The maximum Gasteiger partial charge on any atom is 0.317 e. The van der Waals surface area contributed by atoms with Crippen LogP contribution >= 0.6 is 11.3 Å². The second-order valence-electron chi connectivity index (χ2n) is 6.24. The number of fused-ring (bicyclic) bond motifs is 1. The molecule has 7 nitrogen and oxygen atoms in total. The van der Waals surface area contributed by atoms with Crippen molar-refractivity contribution in [2.45, 2.75) is 32.4 Å². The molecule has 2 aromatic heterocycles. The molecule has 0 aromatic carbocycles. The summed E-state index contributed by atoms with van der Waals surface area (Å²) in [5, 5.41) is 4.90. The van der Waals surface area contributed by atoms with Crippen molar-refractivity contribution >= 4 is 27.6 Å². The predicted octanol–water partition coefficient (Wildman–Crippen LogP) is 1.61. The van der Waals surface area contributed by atoms with Crippen molar-refractivity contribution in [3.63, 3.8) is 0 Å². The summed E-state index contributed by atoms with van der Waals surface area (Å²) in [6, 6.07) is 1.88. The number of rotatable bonds is 5. The van der Waals surface area contributed by atoms with Crippen molar-refractivity contribution in [1.82, 2.24) is 25.1 Å². The van der Waals surface area contributed by atoms with Gasteiger partial charge >= 0.3 is 6.03 Å². The summed E-state index contributed by atoms with van der Waals surface area (Å²) in [4.78, 5) is 35.4. The van der Waals surface area contributed by atoms with E-state index in [1.54, 1.807) is 11.9 Å². The number of carbonyl (C=O) groups is 1. The molecule has 0 radical (unpaired) electrons. The Morgan fingerprint density at radius 2 is 2.42 bits per heavy atom. The highest BCUT2D eigenvalue weighted by molar-refractivity contribution is 7.17. The molecule has 1 atom stereocenters. The van der Waals surface area contributed by atoms with Crippen LogP contribution < -0.4 is 10.9 Å². The fraction of sp³-hybridized carbons (Fsp3) is 0.562. The first-order valence-corrected chi connectivity index (χ1v) is 9.15. The van der Waals surface area contributed by atoms with Crippen LogP contribution in [0.25, 0.3) is 10.2 Å². The smallest absolute Gasteiger partial charge is 0.317 e. The molecule has 2 aromatic rings. The van der Waals surface area contributed by atoms with Crippen LogP contribution in [0.3, 0.4) is 0 Å². The number of nitrogens with one attached hydrogen (secondary N) is 2. The molecule has 0 aliphatic carbocycles. The number of aromatic nitrogens is 2. The highest BCUT2D eigenvalue weighted by atomic mass is 32.1. The van der Waals surface area contributed by atoms with Gasteiger partial charge in [-0.25, -0.2) is 9.78 Å². The zero-order valence-corrected chi connectivity index (χ0v) is 14.9. The molecule has 2 amide bonds. The molecule has 0 unspecified atom stereocenters. The molecule has 1 saturated heterocycles. The Labute approximate surface area is 144 Å². The summed E-state index contributed by atoms with van der Waals surface area (Å²) in [6.45, 7) is 5.46. The molecule has 1 aliphatic heterocycles. The number of carbonyl (C=O) groups excluding carboxylic acids is 1. The number of likely N-dealkylation sites (tertiary alicyclic amines) is 1. The van der Waals surface area contributed by atoms with Gasteiger partial charge in [0.05, 0.1) is 12.1 Å². The van der Waals surface area contributed by atoms with E-state index < -0.39 is 0 Å². The van der Waals surface area contributed by atoms with Gasteiger partial charge in [0.1, 0.15) is 10.5 Å². The second kappa shape index (κ2) is 7.31. The van der Waals surface area contributed by atoms with Crippen LogP contribution in [-0.4, -0.2) is 58.5 Å². The molecule has 0 bridgehead atoms. The molecule has 3 heterocycles. The summed E-state index contributed by atoms with van der Waals surface area (Å²) in [5.41, 5.74) is 0.531. The number of amides is 2. The Hall–Kier alpha value is -1.93. The van der Waals surface area contributed by atoms with E-state index in [0.717, 1.165) is 32.5 Å². The lowest BCUT2D eigenvalue weighted by Gasteiger charge is -2.21. The fourth-order valence-electron chi connectivity index (χ4n) is 3.05. The fourth-order valence-corrected chi connectivity index (χ4v) is 3.77. The summed E-state index contributed by atoms with van der Waals surface area (Å²) < 4.78 is 0.618. The number of aromatic amines is 1. The van der Waals surface area contributed by atoms with E-state index in [4.69, 9.17) is 0 Å². The van der Waals surface area contributed by atoms with Gasteiger partial charge in [0.2, 0.25) is 0 Å². The molecule has 8 heteroatoms. The van der Waals surface area contributed by atoms with Gasteiger partial charge in [-0.1, -0.05) is 6.92 Å². The van der Waals surface area contributed by atoms with E-state index >= 15 is 0 Å². The Morgan fingerprint density at radius 3 is 3.21 bits per heavy atom. The van der Waals surface area contributed by atoms with Crippen molar-refractivity contribution in [1.29, 1.82) is 0 Å². The number of hydrogen-bond donors (Lipinski definition) is 2. The topological polar surface area (TPSA) is 81.3 Å². The van der Waals surface area contributed by atoms with E-state index in [9.17, 15) is 9.59 Å². The minimum atomic E-state index is -0.148. The molecule has 24 heavy (non-hydrogen) atoms. The summed E-state index contributed by atoms with van der Waals surface area (Å²) >= 11 is 1.37. The first kappa shape index (κ1) is 16.9. The van der Waals surface area contributed by atoms with Crippen LogP contribution in [0.4, 0.5) is 4.79 Å². The van der Waals surface area contributed by atoms with E-state index in [-0.39, 0.29) is 24.2 Å². The van der Waals surface area contributed by atoms with Gasteiger partial charge in [-0.3, -0.25) is 4.79 Å². The highest BCUT2D eigenvalue weighted by Crippen LogP contribution is 2.14. The van der Waals surface area contributed by atoms with E-state index in [0.29, 0.717) is 16.0 Å². The maximum absolute atomic E-state index is 12.3. The average Bonchev–Trinajstić information content (AvgIpc) is 3.17. The first-order valence-electron chi connectivity index (χ1n) is 8.27. The number of nitrogens with zero attached hydrogens (tertiary/aromatic N) is 3. The third kappa shape index (κ3) is 3.76. The summed E-state index contributed by atoms with van der Waals surface area (Å²) in [7, 11) is 1.71. The molecule has 3 rings (SSSR count). The van der Waals surface area contributed by atoms with Crippen LogP contribution in [0.2, 0.25) is 0 Å². The van der Waals surface area contributed by atoms with Gasteiger partial charge in [-0.2, -0.15) is 0 Å². The van der Waals surface area contributed by atoms with Gasteiger partial charge < -0.3 is 20.1 Å². The molecule has 2 N–H and O–H groups in total. The van der Waals surface area contributed by atoms with Gasteiger partial charge in [0.25, 0.3) is 5.56 Å².